The van der Waals surface area contributed by atoms with E-state index < -0.39 is 0 Å². The van der Waals surface area contributed by atoms with Gasteiger partial charge in [-0.1, -0.05) is 11.2 Å². The quantitative estimate of drug-likeness (QED) is 0.737. The summed E-state index contributed by atoms with van der Waals surface area (Å²) in [5.41, 5.74) is 1.66. The fraction of sp³-hybridized carbons (Fsp3) is 0.474. The maximum absolute atomic E-state index is 12.4. The van der Waals surface area contributed by atoms with Crippen molar-refractivity contribution in [1.29, 1.82) is 0 Å². The van der Waals surface area contributed by atoms with Crippen molar-refractivity contribution < 1.29 is 14.1 Å². The van der Waals surface area contributed by atoms with Crippen LogP contribution < -0.4 is 16.2 Å². The monoisotopic (exact) mass is 372 g/mol. The highest BCUT2D eigenvalue weighted by Crippen LogP contribution is 2.25. The van der Waals surface area contributed by atoms with E-state index in [1.165, 1.54) is 6.07 Å². The lowest BCUT2D eigenvalue weighted by Crippen LogP contribution is -2.41. The van der Waals surface area contributed by atoms with Gasteiger partial charge < -0.3 is 20.1 Å². The van der Waals surface area contributed by atoms with Crippen LogP contribution in [0.1, 0.15) is 53.2 Å². The number of carbonyl (C=O) groups excluding carboxylic acids is 2. The first-order chi connectivity index (χ1) is 12.9. The number of H-pyrrole nitrogens is 1. The Morgan fingerprint density at radius 3 is 2.59 bits per heavy atom. The fourth-order valence-electron chi connectivity index (χ4n) is 3.42. The molecular weight excluding hydrogens is 348 g/mol. The molecule has 8 nitrogen and oxygen atoms in total. The van der Waals surface area contributed by atoms with Crippen LogP contribution in [0.4, 0.5) is 0 Å². The predicted octanol–water partition coefficient (Wildman–Crippen LogP) is 1.58. The van der Waals surface area contributed by atoms with Crippen molar-refractivity contribution in [3.63, 3.8) is 0 Å². The summed E-state index contributed by atoms with van der Waals surface area (Å²) in [6, 6.07) is 4.49. The summed E-state index contributed by atoms with van der Waals surface area (Å²) >= 11 is 0. The van der Waals surface area contributed by atoms with Crippen LogP contribution in [-0.2, 0) is 11.3 Å². The number of nitrogens with zero attached hydrogens (tertiary/aromatic N) is 1. The van der Waals surface area contributed by atoms with Crippen LogP contribution in [0.3, 0.4) is 0 Å². The predicted molar refractivity (Wildman–Crippen MR) is 98.1 cm³/mol. The molecule has 0 aromatic carbocycles. The third-order valence-corrected chi connectivity index (χ3v) is 5.07. The topological polar surface area (TPSA) is 117 Å². The van der Waals surface area contributed by atoms with E-state index in [1.54, 1.807) is 12.1 Å². The third kappa shape index (κ3) is 4.64. The van der Waals surface area contributed by atoms with E-state index in [4.69, 9.17) is 4.52 Å². The molecular formula is C19H24N4O4. The standard InChI is InChI=1S/C19H24N4O4/c1-11-15(12(2)27-23-11)10-20-18(25)13-6-8-14(9-7-13)21-19(26)16-4-3-5-17(24)22-16/h3-5,13-14H,6-10H2,1-2H3,(H,20,25)(H,21,26)(H,22,24). The molecule has 8 heteroatoms. The average molecular weight is 372 g/mol. The maximum atomic E-state index is 12.4. The molecule has 0 saturated heterocycles. The van der Waals surface area contributed by atoms with E-state index in [2.05, 4.69) is 20.8 Å². The lowest BCUT2D eigenvalue weighted by Gasteiger charge is -2.28. The summed E-state index contributed by atoms with van der Waals surface area (Å²) in [4.78, 5) is 38.4. The molecule has 27 heavy (non-hydrogen) atoms. The molecule has 2 aromatic heterocycles. The van der Waals surface area contributed by atoms with Crippen LogP contribution >= 0.6 is 0 Å². The molecule has 1 fully saturated rings. The molecule has 0 radical (unpaired) electrons. The number of hydrogen-bond acceptors (Lipinski definition) is 5. The molecule has 1 aliphatic carbocycles. The molecule has 3 N–H and O–H groups in total. The zero-order chi connectivity index (χ0) is 19.4. The van der Waals surface area contributed by atoms with Crippen molar-refractivity contribution in [2.45, 2.75) is 52.1 Å². The van der Waals surface area contributed by atoms with Crippen LogP contribution in [0, 0.1) is 19.8 Å². The molecule has 2 aromatic rings. The van der Waals surface area contributed by atoms with Gasteiger partial charge in [-0.3, -0.25) is 14.4 Å². The molecule has 1 aliphatic rings. The number of aryl methyl sites for hydroxylation is 2. The number of nitrogens with one attached hydrogen (secondary N) is 3. The second kappa shape index (κ2) is 8.20. The molecule has 3 rings (SSSR count). The number of aromatic nitrogens is 2. The van der Waals surface area contributed by atoms with Crippen molar-refractivity contribution in [3.8, 4) is 0 Å². The van der Waals surface area contributed by atoms with Crippen molar-refractivity contribution in [2.75, 3.05) is 0 Å². The van der Waals surface area contributed by atoms with Crippen molar-refractivity contribution in [2.24, 2.45) is 5.92 Å². The number of carbonyl (C=O) groups is 2. The normalized spacial score (nSPS) is 19.5. The van der Waals surface area contributed by atoms with E-state index >= 15 is 0 Å². The lowest BCUT2D eigenvalue weighted by molar-refractivity contribution is -0.126. The molecule has 0 atom stereocenters. The summed E-state index contributed by atoms with van der Waals surface area (Å²) in [5.74, 6) is 0.388. The van der Waals surface area contributed by atoms with E-state index in [9.17, 15) is 14.4 Å². The fourth-order valence-corrected chi connectivity index (χ4v) is 3.42. The Balaban J connectivity index is 1.46. The molecule has 2 heterocycles. The van der Waals surface area contributed by atoms with E-state index in [-0.39, 0.29) is 35.0 Å². The average Bonchev–Trinajstić information content (AvgIpc) is 2.98. The zero-order valence-electron chi connectivity index (χ0n) is 15.5. The van der Waals surface area contributed by atoms with Gasteiger partial charge >= 0.3 is 0 Å². The van der Waals surface area contributed by atoms with Gasteiger partial charge in [-0.15, -0.1) is 0 Å². The van der Waals surface area contributed by atoms with Gasteiger partial charge in [0, 0.05) is 30.1 Å². The summed E-state index contributed by atoms with van der Waals surface area (Å²) in [5, 5.41) is 9.77. The smallest absolute Gasteiger partial charge is 0.268 e. The maximum Gasteiger partial charge on any atom is 0.268 e. The minimum Gasteiger partial charge on any atom is -0.361 e. The van der Waals surface area contributed by atoms with Gasteiger partial charge in [0.1, 0.15) is 11.5 Å². The number of rotatable bonds is 5. The third-order valence-electron chi connectivity index (χ3n) is 5.07. The van der Waals surface area contributed by atoms with E-state index in [0.717, 1.165) is 29.9 Å². The summed E-state index contributed by atoms with van der Waals surface area (Å²) in [6.07, 6.45) is 2.88. The number of pyridine rings is 1. The van der Waals surface area contributed by atoms with Gasteiger partial charge in [0.2, 0.25) is 11.5 Å². The zero-order valence-corrected chi connectivity index (χ0v) is 15.5. The highest BCUT2D eigenvalue weighted by atomic mass is 16.5. The minimum absolute atomic E-state index is 0.00724. The second-order valence-electron chi connectivity index (χ2n) is 6.97. The second-order valence-corrected chi connectivity index (χ2v) is 6.97. The molecule has 0 spiro atoms. The molecule has 1 saturated carbocycles. The number of amides is 2. The van der Waals surface area contributed by atoms with Gasteiger partial charge in [0.15, 0.2) is 0 Å². The summed E-state index contributed by atoms with van der Waals surface area (Å²) in [6.45, 7) is 4.10. The first kappa shape index (κ1) is 18.9. The van der Waals surface area contributed by atoms with Crippen LogP contribution in [0.25, 0.3) is 0 Å². The Labute approximate surface area is 156 Å². The van der Waals surface area contributed by atoms with Crippen molar-refractivity contribution >= 4 is 11.8 Å². The van der Waals surface area contributed by atoms with Gasteiger partial charge in [-0.05, 0) is 45.6 Å². The summed E-state index contributed by atoms with van der Waals surface area (Å²) < 4.78 is 5.10. The Morgan fingerprint density at radius 2 is 1.96 bits per heavy atom. The van der Waals surface area contributed by atoms with Crippen molar-refractivity contribution in [3.05, 3.63) is 51.3 Å². The molecule has 0 bridgehead atoms. The first-order valence-electron chi connectivity index (χ1n) is 9.13. The van der Waals surface area contributed by atoms with Crippen molar-refractivity contribution in [1.82, 2.24) is 20.8 Å². The Bertz CT molecular complexity index is 858. The van der Waals surface area contributed by atoms with Gasteiger partial charge in [-0.2, -0.15) is 0 Å². The molecule has 2 amide bonds. The van der Waals surface area contributed by atoms with E-state index in [0.29, 0.717) is 19.4 Å². The van der Waals surface area contributed by atoms with Crippen LogP contribution in [-0.4, -0.2) is 28.0 Å². The Kier molecular flexibility index (Phi) is 5.73. The van der Waals surface area contributed by atoms with Gasteiger partial charge in [0.25, 0.3) is 5.91 Å². The largest absolute Gasteiger partial charge is 0.361 e. The van der Waals surface area contributed by atoms with Crippen LogP contribution in [0.5, 0.6) is 0 Å². The summed E-state index contributed by atoms with van der Waals surface area (Å²) in [7, 11) is 0. The Hall–Kier alpha value is -2.90. The first-order valence-corrected chi connectivity index (χ1v) is 9.13. The van der Waals surface area contributed by atoms with Crippen LogP contribution in [0.15, 0.2) is 27.5 Å². The van der Waals surface area contributed by atoms with Gasteiger partial charge in [-0.25, -0.2) is 0 Å². The number of aromatic amines is 1. The molecule has 0 aliphatic heterocycles. The lowest BCUT2D eigenvalue weighted by atomic mass is 9.85. The van der Waals surface area contributed by atoms with Crippen LogP contribution in [0.2, 0.25) is 0 Å². The highest BCUT2D eigenvalue weighted by Gasteiger charge is 2.27. The number of hydrogen-bond donors (Lipinski definition) is 3. The van der Waals surface area contributed by atoms with E-state index in [1.807, 2.05) is 13.8 Å². The minimum atomic E-state index is -0.304. The molecule has 0 unspecified atom stereocenters. The highest BCUT2D eigenvalue weighted by molar-refractivity contribution is 5.92. The molecule has 144 valence electrons. The SMILES string of the molecule is Cc1noc(C)c1CNC(=O)C1CCC(NC(=O)c2cccc(=O)[nH]2)CC1. The van der Waals surface area contributed by atoms with Gasteiger partial charge in [0.05, 0.1) is 5.69 Å². The Morgan fingerprint density at radius 1 is 1.22 bits per heavy atom.